The van der Waals surface area contributed by atoms with Gasteiger partial charge in [-0.2, -0.15) is 8.42 Å². The van der Waals surface area contributed by atoms with Crippen molar-refractivity contribution in [1.29, 1.82) is 0 Å². The van der Waals surface area contributed by atoms with E-state index in [-0.39, 0.29) is 5.88 Å². The van der Waals surface area contributed by atoms with Gasteiger partial charge in [0.15, 0.2) is 0 Å². The molecule has 5 nitrogen and oxygen atoms in total. The molecule has 0 aromatic carbocycles. The highest BCUT2D eigenvalue weighted by Gasteiger charge is 2.20. The Morgan fingerprint density at radius 2 is 2.09 bits per heavy atom. The first-order chi connectivity index (χ1) is 4.97. The van der Waals surface area contributed by atoms with E-state index in [1.54, 1.807) is 4.90 Å². The molecule has 0 radical (unpaired) electrons. The van der Waals surface area contributed by atoms with Crippen LogP contribution in [0.3, 0.4) is 0 Å². The Morgan fingerprint density at radius 1 is 1.45 bits per heavy atom. The molecule has 1 fully saturated rings. The fourth-order valence-corrected chi connectivity index (χ4v) is 1.80. The van der Waals surface area contributed by atoms with E-state index in [0.29, 0.717) is 13.2 Å². The van der Waals surface area contributed by atoms with Crippen molar-refractivity contribution < 1.29 is 13.0 Å². The Kier molecular flexibility index (Phi) is 2.48. The molecule has 0 bridgehead atoms. The predicted octanol–water partition coefficient (Wildman–Crippen LogP) is -0.963. The summed E-state index contributed by atoms with van der Waals surface area (Å²) in [6.45, 7) is 2.17. The van der Waals surface area contributed by atoms with Gasteiger partial charge in [0.2, 0.25) is 0 Å². The van der Waals surface area contributed by atoms with E-state index in [9.17, 15) is 8.42 Å². The highest BCUT2D eigenvalue weighted by Crippen LogP contribution is 2.02. The van der Waals surface area contributed by atoms with Crippen LogP contribution < -0.4 is 0 Å². The van der Waals surface area contributed by atoms with Gasteiger partial charge in [-0.05, 0) is 7.05 Å². The highest BCUT2D eigenvalue weighted by atomic mass is 32.2. The molecule has 11 heavy (non-hydrogen) atoms. The summed E-state index contributed by atoms with van der Waals surface area (Å²) in [6.07, 6.45) is 0. The number of rotatable bonds is 2. The van der Waals surface area contributed by atoms with Gasteiger partial charge in [0.05, 0.1) is 6.67 Å². The Morgan fingerprint density at radius 3 is 2.45 bits per heavy atom. The third kappa shape index (κ3) is 3.15. The van der Waals surface area contributed by atoms with Crippen molar-refractivity contribution in [2.45, 2.75) is 0 Å². The zero-order valence-corrected chi connectivity index (χ0v) is 7.21. The first-order valence-corrected chi connectivity index (χ1v) is 4.94. The molecule has 0 atom stereocenters. The first-order valence-electron chi connectivity index (χ1n) is 3.33. The van der Waals surface area contributed by atoms with Crippen molar-refractivity contribution in [1.82, 2.24) is 9.80 Å². The predicted molar refractivity (Wildman–Crippen MR) is 40.6 cm³/mol. The van der Waals surface area contributed by atoms with Crippen LogP contribution in [0.25, 0.3) is 0 Å². The van der Waals surface area contributed by atoms with Crippen LogP contribution in [0.4, 0.5) is 0 Å². The summed E-state index contributed by atoms with van der Waals surface area (Å²) in [5, 5.41) is 0. The topological polar surface area (TPSA) is 60.9 Å². The van der Waals surface area contributed by atoms with Gasteiger partial charge in [-0.1, -0.05) is 0 Å². The maximum atomic E-state index is 10.4. The molecule has 1 heterocycles. The monoisotopic (exact) mass is 180 g/mol. The molecule has 1 aliphatic rings. The second-order valence-corrected chi connectivity index (χ2v) is 4.25. The Balaban J connectivity index is 2.41. The minimum Gasteiger partial charge on any atom is -0.292 e. The molecule has 6 heteroatoms. The van der Waals surface area contributed by atoms with E-state index in [0.717, 1.165) is 6.54 Å². The summed E-state index contributed by atoms with van der Waals surface area (Å²) < 4.78 is 29.3. The largest absolute Gasteiger partial charge is 0.292 e. The summed E-state index contributed by atoms with van der Waals surface area (Å²) in [5.74, 6) is -0.253. The number of hydrogen-bond acceptors (Lipinski definition) is 4. The van der Waals surface area contributed by atoms with Gasteiger partial charge in [0, 0.05) is 13.1 Å². The van der Waals surface area contributed by atoms with Crippen LogP contribution in [0.2, 0.25) is 0 Å². The lowest BCUT2D eigenvalue weighted by Crippen LogP contribution is -2.28. The minimum absolute atomic E-state index is 0.253. The molecule has 0 saturated carbocycles. The zero-order valence-electron chi connectivity index (χ0n) is 6.39. The maximum absolute atomic E-state index is 10.4. The molecular weight excluding hydrogens is 168 g/mol. The lowest BCUT2D eigenvalue weighted by atomic mass is 10.6. The van der Waals surface area contributed by atoms with Crippen LogP contribution >= 0.6 is 0 Å². The summed E-state index contributed by atoms with van der Waals surface area (Å²) >= 11 is 0. The van der Waals surface area contributed by atoms with Crippen molar-refractivity contribution >= 4 is 10.1 Å². The zero-order chi connectivity index (χ0) is 8.48. The van der Waals surface area contributed by atoms with Gasteiger partial charge in [-0.3, -0.25) is 14.4 Å². The molecule has 1 N–H and O–H groups in total. The first kappa shape index (κ1) is 8.92. The molecule has 1 rings (SSSR count). The summed E-state index contributed by atoms with van der Waals surface area (Å²) in [7, 11) is -1.92. The van der Waals surface area contributed by atoms with Crippen molar-refractivity contribution in [3.05, 3.63) is 0 Å². The average Bonchev–Trinajstić information content (AvgIpc) is 2.10. The van der Waals surface area contributed by atoms with E-state index < -0.39 is 10.1 Å². The van der Waals surface area contributed by atoms with Gasteiger partial charge < -0.3 is 0 Å². The van der Waals surface area contributed by atoms with Crippen molar-refractivity contribution in [3.63, 3.8) is 0 Å². The van der Waals surface area contributed by atoms with Crippen LogP contribution in [-0.4, -0.2) is 55.5 Å². The number of nitrogens with zero attached hydrogens (tertiary/aromatic N) is 2. The quantitative estimate of drug-likeness (QED) is 0.554. The fraction of sp³-hybridized carbons (Fsp3) is 1.00. The van der Waals surface area contributed by atoms with E-state index in [1.165, 1.54) is 0 Å². The molecule has 0 amide bonds. The Bertz CT molecular complexity index is 226. The van der Waals surface area contributed by atoms with Crippen molar-refractivity contribution in [2.24, 2.45) is 0 Å². The molecule has 0 aromatic heterocycles. The standard InChI is InChI=1S/C5H12N2O3S/c1-6-2-3-7(4-6)5-11(8,9)10/h2-5H2,1H3,(H,8,9,10). The van der Waals surface area contributed by atoms with Crippen LogP contribution in [0.1, 0.15) is 0 Å². The Labute approximate surface area is 66.3 Å². The Hall–Kier alpha value is -0.170. The molecule has 66 valence electrons. The third-order valence-electron chi connectivity index (χ3n) is 1.59. The highest BCUT2D eigenvalue weighted by molar-refractivity contribution is 7.85. The summed E-state index contributed by atoms with van der Waals surface area (Å²) in [6, 6.07) is 0. The SMILES string of the molecule is CN1CCN(CS(=O)(=O)O)C1. The summed E-state index contributed by atoms with van der Waals surface area (Å²) in [4.78, 5) is 3.67. The summed E-state index contributed by atoms with van der Waals surface area (Å²) in [5.41, 5.74) is 0. The number of likely N-dealkylation sites (N-methyl/N-ethyl adjacent to an activating group) is 1. The van der Waals surface area contributed by atoms with Gasteiger partial charge in [-0.15, -0.1) is 0 Å². The normalized spacial score (nSPS) is 22.7. The van der Waals surface area contributed by atoms with E-state index >= 15 is 0 Å². The second-order valence-electron chi connectivity index (χ2n) is 2.83. The lowest BCUT2D eigenvalue weighted by Gasteiger charge is -2.12. The number of hydrogen-bond donors (Lipinski definition) is 1. The molecule has 1 aliphatic heterocycles. The maximum Gasteiger partial charge on any atom is 0.278 e. The van der Waals surface area contributed by atoms with Crippen LogP contribution in [0, 0.1) is 0 Å². The lowest BCUT2D eigenvalue weighted by molar-refractivity contribution is 0.297. The van der Waals surface area contributed by atoms with Crippen molar-refractivity contribution in [2.75, 3.05) is 32.7 Å². The van der Waals surface area contributed by atoms with Crippen LogP contribution in [0.5, 0.6) is 0 Å². The molecular formula is C5H12N2O3S. The van der Waals surface area contributed by atoms with Gasteiger partial charge in [0.1, 0.15) is 5.88 Å². The second kappa shape index (κ2) is 3.06. The van der Waals surface area contributed by atoms with Gasteiger partial charge in [0.25, 0.3) is 10.1 Å². The van der Waals surface area contributed by atoms with Crippen molar-refractivity contribution in [3.8, 4) is 0 Å². The molecule has 0 spiro atoms. The third-order valence-corrected chi connectivity index (χ3v) is 2.28. The smallest absolute Gasteiger partial charge is 0.278 e. The molecule has 1 saturated heterocycles. The fourth-order valence-electron chi connectivity index (χ4n) is 1.13. The molecule has 0 aliphatic carbocycles. The minimum atomic E-state index is -3.83. The molecule has 0 unspecified atom stereocenters. The van der Waals surface area contributed by atoms with E-state index in [1.807, 2.05) is 11.9 Å². The van der Waals surface area contributed by atoms with Crippen LogP contribution in [0.15, 0.2) is 0 Å². The van der Waals surface area contributed by atoms with E-state index in [2.05, 4.69) is 0 Å². The van der Waals surface area contributed by atoms with Crippen LogP contribution in [-0.2, 0) is 10.1 Å². The van der Waals surface area contributed by atoms with Gasteiger partial charge >= 0.3 is 0 Å². The molecule has 0 aromatic rings. The van der Waals surface area contributed by atoms with E-state index in [4.69, 9.17) is 4.55 Å². The average molecular weight is 180 g/mol. The van der Waals surface area contributed by atoms with Gasteiger partial charge in [-0.25, -0.2) is 0 Å².